The minimum Gasteiger partial charge on any atom is 0 e. The van der Waals surface area contributed by atoms with Crippen molar-refractivity contribution in [1.29, 1.82) is 0 Å². The molecule has 0 aliphatic carbocycles. The van der Waals surface area contributed by atoms with Gasteiger partial charge in [0.1, 0.15) is 0 Å². The van der Waals surface area contributed by atoms with Crippen LogP contribution >= 0.6 is 0 Å². The summed E-state index contributed by atoms with van der Waals surface area (Å²) in [5.41, 5.74) is 0. The van der Waals surface area contributed by atoms with Crippen molar-refractivity contribution in [3.63, 3.8) is 0 Å². The van der Waals surface area contributed by atoms with Crippen LogP contribution in [0.5, 0.6) is 0 Å². The van der Waals surface area contributed by atoms with Gasteiger partial charge in [0.2, 0.25) is 0 Å². The van der Waals surface area contributed by atoms with Crippen LogP contribution < -0.4 is 0 Å². The molecule has 0 aliphatic rings. The third kappa shape index (κ3) is 51.9. The predicted octanol–water partition coefficient (Wildman–Crippen LogP) is 1.65. The Hall–Kier alpha value is -1.05. The first-order valence-electron chi connectivity index (χ1n) is 4.13. The van der Waals surface area contributed by atoms with Crippen LogP contribution in [-0.2, 0) is 40.6 Å². The van der Waals surface area contributed by atoms with Crippen molar-refractivity contribution in [2.45, 2.75) is 20.8 Å². The van der Waals surface area contributed by atoms with E-state index in [2.05, 4.69) is 24.7 Å². The smallest absolute Gasteiger partial charge is 0 e. The second kappa shape index (κ2) is 36.3. The molecule has 0 unspecified atom stereocenters. The first-order chi connectivity index (χ1) is 7.66. The maximum Gasteiger partial charge on any atom is 0 e. The fourth-order valence-electron chi connectivity index (χ4n) is 0.461. The van der Waals surface area contributed by atoms with E-state index in [1.807, 2.05) is 19.9 Å². The van der Waals surface area contributed by atoms with Crippen LogP contribution in [0.4, 0.5) is 0 Å². The number of allylic oxidation sites excluding steroid dienone is 1. The van der Waals surface area contributed by atoms with Gasteiger partial charge in [0.25, 0.3) is 0 Å². The van der Waals surface area contributed by atoms with Gasteiger partial charge in [0.15, 0.2) is 0 Å². The fraction of sp³-hybridized carbons (Fsp3) is 0.455. The molecule has 0 heterocycles. The largest absolute Gasteiger partial charge is 0 e. The number of hydrogen-bond donors (Lipinski definition) is 0. The third-order valence-electron chi connectivity index (χ3n) is 0.904. The van der Waals surface area contributed by atoms with E-state index < -0.39 is 0 Å². The van der Waals surface area contributed by atoms with E-state index in [1.54, 1.807) is 6.92 Å². The number of rotatable bonds is 3. The summed E-state index contributed by atoms with van der Waals surface area (Å²) >= 11 is 0. The first kappa shape index (κ1) is 29.7. The molecule has 17 heavy (non-hydrogen) atoms. The molecule has 0 aromatic rings. The SMILES string of the molecule is CCOC(=O)/C=C/C(C)C.[C-]#[O+].[C-]#[O+].[C-]#[O+].[Fe]. The normalized spacial score (nSPS) is 6.71. The molecular formula is C11H14FeO5. The van der Waals surface area contributed by atoms with Gasteiger partial charge in [-0.25, -0.2) is 4.79 Å². The number of ether oxygens (including phenoxy) is 1. The summed E-state index contributed by atoms with van der Waals surface area (Å²) in [5.74, 6) is 0.153. The van der Waals surface area contributed by atoms with Crippen molar-refractivity contribution >= 4 is 5.97 Å². The Morgan fingerprint density at radius 1 is 1.18 bits per heavy atom. The summed E-state index contributed by atoms with van der Waals surface area (Å²) in [6.07, 6.45) is 3.28. The van der Waals surface area contributed by atoms with E-state index >= 15 is 0 Å². The average molecular weight is 282 g/mol. The molecule has 5 nitrogen and oxygen atoms in total. The topological polar surface area (TPSA) is 86.0 Å². The standard InChI is InChI=1S/C8H14O2.3CO.Fe/c1-4-10-8(9)6-5-7(2)3;3*1-2;/h5-7H,4H2,1-3H3;;;;/b6-5+;;;;. The van der Waals surface area contributed by atoms with Crippen molar-refractivity contribution in [2.24, 2.45) is 5.92 Å². The quantitative estimate of drug-likeness (QED) is 0.259. The van der Waals surface area contributed by atoms with Crippen LogP contribution in [0.25, 0.3) is 0 Å². The van der Waals surface area contributed by atoms with Crippen molar-refractivity contribution in [3.8, 4) is 0 Å². The Bertz CT molecular complexity index is 213. The predicted molar refractivity (Wildman–Crippen MR) is 52.4 cm³/mol. The van der Waals surface area contributed by atoms with Gasteiger partial charge in [-0.2, -0.15) is 0 Å². The monoisotopic (exact) mass is 282 g/mol. The molecule has 6 heteroatoms. The molecule has 0 N–H and O–H groups in total. The van der Waals surface area contributed by atoms with Crippen molar-refractivity contribution < 1.29 is 40.6 Å². The molecule has 0 aromatic heterocycles. The van der Waals surface area contributed by atoms with E-state index in [-0.39, 0.29) is 23.0 Å². The molecule has 0 radical (unpaired) electrons. The molecule has 0 bridgehead atoms. The molecule has 0 aliphatic heterocycles. The summed E-state index contributed by atoms with van der Waals surface area (Å²) in [5, 5.41) is 0. The van der Waals surface area contributed by atoms with Gasteiger partial charge in [-0.15, -0.1) is 0 Å². The van der Waals surface area contributed by atoms with Gasteiger partial charge < -0.3 is 4.74 Å². The molecule has 0 atom stereocenters. The zero-order chi connectivity index (χ0) is 14.0. The van der Waals surface area contributed by atoms with Crippen LogP contribution in [0, 0.1) is 25.9 Å². The average Bonchev–Trinajstić information content (AvgIpc) is 2.35. The van der Waals surface area contributed by atoms with Gasteiger partial charge >= 0.3 is 39.9 Å². The zero-order valence-electron chi connectivity index (χ0n) is 9.83. The number of carbonyl (C=O) groups excluding carboxylic acids is 1. The summed E-state index contributed by atoms with van der Waals surface area (Å²) in [6.45, 7) is 19.8. The van der Waals surface area contributed by atoms with Crippen LogP contribution in [-0.4, -0.2) is 12.6 Å². The van der Waals surface area contributed by atoms with Crippen molar-refractivity contribution in [2.75, 3.05) is 6.61 Å². The van der Waals surface area contributed by atoms with E-state index in [1.165, 1.54) is 6.08 Å². The molecule has 96 valence electrons. The van der Waals surface area contributed by atoms with E-state index in [9.17, 15) is 4.79 Å². The summed E-state index contributed by atoms with van der Waals surface area (Å²) in [7, 11) is 0. The summed E-state index contributed by atoms with van der Waals surface area (Å²) in [6, 6.07) is 0. The van der Waals surface area contributed by atoms with Crippen LogP contribution in [0.2, 0.25) is 0 Å². The third-order valence-corrected chi connectivity index (χ3v) is 0.904. The van der Waals surface area contributed by atoms with E-state index in [4.69, 9.17) is 14.0 Å². The number of hydrogen-bond acceptors (Lipinski definition) is 2. The Balaban J connectivity index is -0.0000000594. The minimum atomic E-state index is -0.254. The molecular weight excluding hydrogens is 268 g/mol. The van der Waals surface area contributed by atoms with Crippen LogP contribution in [0.15, 0.2) is 12.2 Å². The number of esters is 1. The zero-order valence-corrected chi connectivity index (χ0v) is 10.9. The van der Waals surface area contributed by atoms with Gasteiger partial charge in [-0.3, -0.25) is 0 Å². The molecule has 0 aromatic carbocycles. The molecule has 0 rings (SSSR count). The second-order valence-corrected chi connectivity index (χ2v) is 2.36. The maximum atomic E-state index is 10.6. The molecule has 0 spiro atoms. The summed E-state index contributed by atoms with van der Waals surface area (Å²) < 4.78 is 27.2. The van der Waals surface area contributed by atoms with Gasteiger partial charge in [-0.05, 0) is 12.8 Å². The van der Waals surface area contributed by atoms with Gasteiger partial charge in [0, 0.05) is 23.1 Å². The van der Waals surface area contributed by atoms with Crippen LogP contribution in [0.1, 0.15) is 20.8 Å². The first-order valence-corrected chi connectivity index (χ1v) is 4.13. The van der Waals surface area contributed by atoms with Crippen molar-refractivity contribution in [1.82, 2.24) is 0 Å². The van der Waals surface area contributed by atoms with Crippen LogP contribution in [0.3, 0.4) is 0 Å². The maximum absolute atomic E-state index is 10.6. The Morgan fingerprint density at radius 2 is 1.53 bits per heavy atom. The number of carbonyl (C=O) groups is 1. The summed E-state index contributed by atoms with van der Waals surface area (Å²) in [4.78, 5) is 10.6. The van der Waals surface area contributed by atoms with E-state index in [0.29, 0.717) is 12.5 Å². The molecule has 0 fully saturated rings. The Kier molecular flexibility index (Phi) is 63.5. The molecule has 0 saturated heterocycles. The second-order valence-electron chi connectivity index (χ2n) is 2.36. The van der Waals surface area contributed by atoms with Gasteiger partial charge in [-0.1, -0.05) is 19.9 Å². The minimum absolute atomic E-state index is 0. The van der Waals surface area contributed by atoms with Crippen molar-refractivity contribution in [3.05, 3.63) is 32.1 Å². The van der Waals surface area contributed by atoms with E-state index in [0.717, 1.165) is 0 Å². The Morgan fingerprint density at radius 3 is 1.76 bits per heavy atom. The Labute approximate surface area is 112 Å². The van der Waals surface area contributed by atoms with Gasteiger partial charge in [0.05, 0.1) is 6.61 Å². The molecule has 0 saturated carbocycles. The molecule has 0 amide bonds. The fourth-order valence-corrected chi connectivity index (χ4v) is 0.461.